The second kappa shape index (κ2) is 6.49. The number of hydrogen-bond donors (Lipinski definition) is 4. The SMILES string of the molecule is O=C(O)[C@H]1CS[C@H](c2ccc([C@@H]3N[C@@H](C(=O)O)CS3)cc2)N1. The zero-order valence-corrected chi connectivity index (χ0v) is 13.2. The molecule has 0 radical (unpaired) electrons. The molecule has 2 fully saturated rings. The lowest BCUT2D eigenvalue weighted by Crippen LogP contribution is -2.34. The molecule has 3 rings (SSSR count). The van der Waals surface area contributed by atoms with Crippen LogP contribution in [0.2, 0.25) is 0 Å². The van der Waals surface area contributed by atoms with E-state index in [0.29, 0.717) is 11.5 Å². The van der Waals surface area contributed by atoms with E-state index < -0.39 is 24.0 Å². The summed E-state index contributed by atoms with van der Waals surface area (Å²) in [4.78, 5) is 21.9. The van der Waals surface area contributed by atoms with Gasteiger partial charge in [-0.1, -0.05) is 24.3 Å². The molecule has 2 aliphatic heterocycles. The van der Waals surface area contributed by atoms with Crippen molar-refractivity contribution in [3.05, 3.63) is 35.4 Å². The molecule has 1 aromatic carbocycles. The van der Waals surface area contributed by atoms with Gasteiger partial charge in [0.2, 0.25) is 0 Å². The lowest BCUT2D eigenvalue weighted by molar-refractivity contribution is -0.139. The summed E-state index contributed by atoms with van der Waals surface area (Å²) in [5.74, 6) is -0.528. The first-order valence-corrected chi connectivity index (χ1v) is 8.95. The average Bonchev–Trinajstić information content (AvgIpc) is 3.17. The molecule has 1 aromatic rings. The van der Waals surface area contributed by atoms with E-state index in [9.17, 15) is 9.59 Å². The number of benzene rings is 1. The fraction of sp³-hybridized carbons (Fsp3) is 0.429. The van der Waals surface area contributed by atoms with Crippen molar-refractivity contribution in [2.24, 2.45) is 0 Å². The maximum atomic E-state index is 11.0. The summed E-state index contributed by atoms with van der Waals surface area (Å²) in [6, 6.07) is 6.89. The Hall–Kier alpha value is -1.22. The number of carboxylic acid groups (broad SMARTS) is 2. The first kappa shape index (κ1) is 15.7. The Morgan fingerprint density at radius 3 is 1.50 bits per heavy atom. The molecule has 0 bridgehead atoms. The molecule has 2 heterocycles. The van der Waals surface area contributed by atoms with Crippen molar-refractivity contribution in [3.63, 3.8) is 0 Å². The Bertz CT molecular complexity index is 530. The standard InChI is InChI=1S/C14H16N2O4S2/c17-13(18)9-5-21-11(15-9)7-1-2-8(4-3-7)12-16-10(6-22-12)14(19)20/h1-4,9-12,15-16H,5-6H2,(H,17,18)(H,19,20)/t9-,10-,11-,12-/m1/s1. The van der Waals surface area contributed by atoms with E-state index in [1.807, 2.05) is 24.3 Å². The quantitative estimate of drug-likeness (QED) is 0.650. The summed E-state index contributed by atoms with van der Waals surface area (Å²) in [6.07, 6.45) is 0. The molecular formula is C14H16N2O4S2. The van der Waals surface area contributed by atoms with E-state index in [4.69, 9.17) is 10.2 Å². The van der Waals surface area contributed by atoms with Gasteiger partial charge in [0, 0.05) is 11.5 Å². The zero-order chi connectivity index (χ0) is 15.7. The van der Waals surface area contributed by atoms with Crippen LogP contribution < -0.4 is 10.6 Å². The second-order valence-corrected chi connectivity index (χ2v) is 7.48. The number of thioether (sulfide) groups is 2. The van der Waals surface area contributed by atoms with Gasteiger partial charge in [0.15, 0.2) is 0 Å². The number of hydrogen-bond acceptors (Lipinski definition) is 6. The van der Waals surface area contributed by atoms with Crippen LogP contribution in [0.5, 0.6) is 0 Å². The van der Waals surface area contributed by atoms with Crippen LogP contribution >= 0.6 is 23.5 Å². The molecule has 0 spiro atoms. The van der Waals surface area contributed by atoms with Gasteiger partial charge in [0.25, 0.3) is 0 Å². The minimum absolute atomic E-state index is 0.00823. The minimum Gasteiger partial charge on any atom is -0.480 e. The van der Waals surface area contributed by atoms with Gasteiger partial charge in [-0.25, -0.2) is 0 Å². The maximum Gasteiger partial charge on any atom is 0.321 e. The van der Waals surface area contributed by atoms with E-state index in [1.165, 1.54) is 0 Å². The Morgan fingerprint density at radius 2 is 1.23 bits per heavy atom. The van der Waals surface area contributed by atoms with Gasteiger partial charge in [-0.2, -0.15) is 0 Å². The largest absolute Gasteiger partial charge is 0.480 e. The van der Waals surface area contributed by atoms with Crippen LogP contribution in [0.1, 0.15) is 21.9 Å². The van der Waals surface area contributed by atoms with Gasteiger partial charge in [-0.05, 0) is 11.1 Å². The molecule has 2 aliphatic rings. The van der Waals surface area contributed by atoms with E-state index in [0.717, 1.165) is 11.1 Å². The highest BCUT2D eigenvalue weighted by atomic mass is 32.2. The average molecular weight is 340 g/mol. The first-order chi connectivity index (χ1) is 10.5. The topological polar surface area (TPSA) is 98.7 Å². The van der Waals surface area contributed by atoms with Crippen LogP contribution in [0.25, 0.3) is 0 Å². The van der Waals surface area contributed by atoms with Gasteiger partial charge >= 0.3 is 11.9 Å². The number of rotatable bonds is 4. The predicted molar refractivity (Wildman–Crippen MR) is 86.0 cm³/mol. The molecule has 6 nitrogen and oxygen atoms in total. The molecule has 0 amide bonds. The molecule has 0 aliphatic carbocycles. The van der Waals surface area contributed by atoms with Crippen LogP contribution in [-0.2, 0) is 9.59 Å². The van der Waals surface area contributed by atoms with Crippen molar-refractivity contribution in [2.45, 2.75) is 22.8 Å². The zero-order valence-electron chi connectivity index (χ0n) is 11.6. The van der Waals surface area contributed by atoms with E-state index in [-0.39, 0.29) is 10.7 Å². The van der Waals surface area contributed by atoms with Crippen LogP contribution in [0.15, 0.2) is 24.3 Å². The fourth-order valence-corrected chi connectivity index (χ4v) is 4.93. The monoisotopic (exact) mass is 340 g/mol. The van der Waals surface area contributed by atoms with Gasteiger partial charge < -0.3 is 10.2 Å². The molecule has 4 N–H and O–H groups in total. The fourth-order valence-electron chi connectivity index (χ4n) is 2.46. The Labute approximate surface area is 136 Å². The summed E-state index contributed by atoms with van der Waals surface area (Å²) in [6.45, 7) is 0. The third-order valence-electron chi connectivity index (χ3n) is 3.70. The van der Waals surface area contributed by atoms with Gasteiger partial charge in [0.1, 0.15) is 12.1 Å². The Balaban J connectivity index is 1.64. The Kier molecular flexibility index (Phi) is 4.62. The maximum absolute atomic E-state index is 11.0. The number of carbonyl (C=O) groups is 2. The normalized spacial score (nSPS) is 31.3. The first-order valence-electron chi connectivity index (χ1n) is 6.85. The van der Waals surface area contributed by atoms with Crippen molar-refractivity contribution in [2.75, 3.05) is 11.5 Å². The summed E-state index contributed by atoms with van der Waals surface area (Å²) in [5, 5.41) is 24.1. The highest BCUT2D eigenvalue weighted by molar-refractivity contribution is 8.00. The van der Waals surface area contributed by atoms with Gasteiger partial charge in [0.05, 0.1) is 10.7 Å². The summed E-state index contributed by atoms with van der Waals surface area (Å²) in [7, 11) is 0. The van der Waals surface area contributed by atoms with Crippen molar-refractivity contribution in [1.82, 2.24) is 10.6 Å². The molecule has 0 saturated carbocycles. The molecule has 22 heavy (non-hydrogen) atoms. The number of aliphatic carboxylic acids is 2. The smallest absolute Gasteiger partial charge is 0.321 e. The third-order valence-corrected chi connectivity index (χ3v) is 6.24. The molecular weight excluding hydrogens is 324 g/mol. The minimum atomic E-state index is -0.821. The van der Waals surface area contributed by atoms with Crippen LogP contribution in [0.3, 0.4) is 0 Å². The van der Waals surface area contributed by atoms with Crippen LogP contribution in [0.4, 0.5) is 0 Å². The summed E-state index contributed by atoms with van der Waals surface area (Å²) >= 11 is 3.17. The molecule has 118 valence electrons. The second-order valence-electron chi connectivity index (χ2n) is 5.21. The lowest BCUT2D eigenvalue weighted by atomic mass is 10.1. The molecule has 0 aromatic heterocycles. The molecule has 8 heteroatoms. The van der Waals surface area contributed by atoms with Crippen molar-refractivity contribution >= 4 is 35.5 Å². The molecule has 2 saturated heterocycles. The van der Waals surface area contributed by atoms with Crippen molar-refractivity contribution in [3.8, 4) is 0 Å². The summed E-state index contributed by atoms with van der Waals surface area (Å²) in [5.41, 5.74) is 2.07. The predicted octanol–water partition coefficient (Wildman–Crippen LogP) is 1.26. The highest BCUT2D eigenvalue weighted by Crippen LogP contribution is 2.36. The van der Waals surface area contributed by atoms with E-state index in [1.54, 1.807) is 23.5 Å². The summed E-state index contributed by atoms with van der Waals surface area (Å²) < 4.78 is 0. The van der Waals surface area contributed by atoms with Gasteiger partial charge in [-0.3, -0.25) is 20.2 Å². The molecule has 0 unspecified atom stereocenters. The van der Waals surface area contributed by atoms with E-state index in [2.05, 4.69) is 10.6 Å². The van der Waals surface area contributed by atoms with Crippen molar-refractivity contribution in [1.29, 1.82) is 0 Å². The third kappa shape index (κ3) is 3.24. The highest BCUT2D eigenvalue weighted by Gasteiger charge is 2.32. The van der Waals surface area contributed by atoms with Crippen molar-refractivity contribution < 1.29 is 19.8 Å². The lowest BCUT2D eigenvalue weighted by Gasteiger charge is -2.15. The number of nitrogens with one attached hydrogen (secondary N) is 2. The Morgan fingerprint density at radius 1 is 0.864 bits per heavy atom. The van der Waals surface area contributed by atoms with E-state index >= 15 is 0 Å². The van der Waals surface area contributed by atoms with Gasteiger partial charge in [-0.15, -0.1) is 23.5 Å². The molecule has 4 atom stereocenters. The van der Waals surface area contributed by atoms with Crippen LogP contribution in [0, 0.1) is 0 Å². The van der Waals surface area contributed by atoms with Crippen LogP contribution in [-0.4, -0.2) is 45.7 Å². The number of carboxylic acids is 2.